The molecular formula is C27H31NO6. The van der Waals surface area contributed by atoms with E-state index < -0.39 is 11.7 Å². The summed E-state index contributed by atoms with van der Waals surface area (Å²) in [5, 5.41) is 0.695. The van der Waals surface area contributed by atoms with Crippen molar-refractivity contribution in [3.63, 3.8) is 0 Å². The maximum atomic E-state index is 13.8. The number of hydrogen-bond acceptors (Lipinski definition) is 6. The Hall–Kier alpha value is -2.83. The summed E-state index contributed by atoms with van der Waals surface area (Å²) in [6.45, 7) is 0.584. The molecule has 5 aliphatic rings. The van der Waals surface area contributed by atoms with Gasteiger partial charge in [-0.05, 0) is 81.3 Å². The lowest BCUT2D eigenvalue weighted by Crippen LogP contribution is -2.56. The summed E-state index contributed by atoms with van der Waals surface area (Å²) in [7, 11) is 1.54. The first-order valence-corrected chi connectivity index (χ1v) is 12.5. The first-order chi connectivity index (χ1) is 16.4. The molecule has 1 amide bonds. The van der Waals surface area contributed by atoms with E-state index in [0.29, 0.717) is 53.0 Å². The van der Waals surface area contributed by atoms with Crippen LogP contribution in [0.1, 0.15) is 56.9 Å². The second-order valence-electron chi connectivity index (χ2n) is 10.9. The molecule has 2 aromatic rings. The highest BCUT2D eigenvalue weighted by molar-refractivity contribution is 5.89. The van der Waals surface area contributed by atoms with E-state index in [1.165, 1.54) is 25.3 Å². The van der Waals surface area contributed by atoms with E-state index in [4.69, 9.17) is 13.9 Å². The van der Waals surface area contributed by atoms with Crippen LogP contribution in [0.2, 0.25) is 0 Å². The Morgan fingerprint density at radius 2 is 1.79 bits per heavy atom. The zero-order valence-corrected chi connectivity index (χ0v) is 19.6. The van der Waals surface area contributed by atoms with Crippen LogP contribution in [0.5, 0.6) is 5.75 Å². The van der Waals surface area contributed by atoms with Crippen molar-refractivity contribution in [2.75, 3.05) is 13.7 Å². The lowest BCUT2D eigenvalue weighted by atomic mass is 9.49. The number of methoxy groups -OCH3 is 1. The van der Waals surface area contributed by atoms with Crippen molar-refractivity contribution in [1.29, 1.82) is 0 Å². The van der Waals surface area contributed by atoms with Gasteiger partial charge in [0.2, 0.25) is 5.91 Å². The zero-order valence-electron chi connectivity index (χ0n) is 19.6. The maximum Gasteiger partial charge on any atom is 0.336 e. The summed E-state index contributed by atoms with van der Waals surface area (Å²) in [5.41, 5.74) is 0.202. The van der Waals surface area contributed by atoms with Gasteiger partial charge in [-0.2, -0.15) is 0 Å². The van der Waals surface area contributed by atoms with Gasteiger partial charge in [0.15, 0.2) is 0 Å². The first kappa shape index (κ1) is 21.7. The third-order valence-corrected chi connectivity index (χ3v) is 8.68. The van der Waals surface area contributed by atoms with Crippen molar-refractivity contribution >= 4 is 22.8 Å². The molecule has 7 heteroatoms. The summed E-state index contributed by atoms with van der Waals surface area (Å²) >= 11 is 0. The van der Waals surface area contributed by atoms with E-state index in [2.05, 4.69) is 0 Å². The van der Waals surface area contributed by atoms with Crippen LogP contribution in [-0.2, 0) is 20.9 Å². The molecular weight excluding hydrogens is 434 g/mol. The average Bonchev–Trinajstić information content (AvgIpc) is 3.30. The number of ether oxygens (including phenoxy) is 2. The van der Waals surface area contributed by atoms with E-state index in [9.17, 15) is 14.4 Å². The van der Waals surface area contributed by atoms with Crippen molar-refractivity contribution in [3.05, 3.63) is 40.2 Å². The summed E-state index contributed by atoms with van der Waals surface area (Å²) in [6, 6.07) is 6.03. The van der Waals surface area contributed by atoms with Crippen LogP contribution in [0.3, 0.4) is 0 Å². The van der Waals surface area contributed by atoms with Crippen molar-refractivity contribution in [2.24, 2.45) is 23.2 Å². The molecule has 1 aromatic heterocycles. The Labute approximate surface area is 198 Å². The van der Waals surface area contributed by atoms with Crippen molar-refractivity contribution in [1.82, 2.24) is 4.90 Å². The molecule has 34 heavy (non-hydrogen) atoms. The van der Waals surface area contributed by atoms with Crippen LogP contribution in [0.25, 0.3) is 11.0 Å². The fourth-order valence-corrected chi connectivity index (χ4v) is 7.63. The van der Waals surface area contributed by atoms with Gasteiger partial charge in [0, 0.05) is 29.6 Å². The van der Waals surface area contributed by atoms with Crippen LogP contribution in [0, 0.1) is 23.2 Å². The number of likely N-dealkylation sites (tertiary alicyclic amines) is 1. The summed E-state index contributed by atoms with van der Waals surface area (Å²) in [6.07, 6.45) is 8.26. The molecule has 1 atom stereocenters. The minimum Gasteiger partial charge on any atom is -0.497 e. The normalized spacial score (nSPS) is 31.7. The van der Waals surface area contributed by atoms with Gasteiger partial charge in [-0.3, -0.25) is 4.79 Å². The Morgan fingerprint density at radius 3 is 2.47 bits per heavy atom. The Balaban J connectivity index is 1.18. The quantitative estimate of drug-likeness (QED) is 0.489. The van der Waals surface area contributed by atoms with Gasteiger partial charge in [0.25, 0.3) is 0 Å². The summed E-state index contributed by atoms with van der Waals surface area (Å²) < 4.78 is 16.2. The molecule has 2 heterocycles. The molecule has 7 rings (SSSR count). The predicted octanol–water partition coefficient (Wildman–Crippen LogP) is 4.05. The average molecular weight is 466 g/mol. The van der Waals surface area contributed by atoms with Crippen LogP contribution in [0.15, 0.2) is 33.5 Å². The molecule has 1 aliphatic heterocycles. The summed E-state index contributed by atoms with van der Waals surface area (Å²) in [4.78, 5) is 40.8. The topological polar surface area (TPSA) is 86.0 Å². The van der Waals surface area contributed by atoms with Gasteiger partial charge in [0.05, 0.1) is 12.5 Å². The molecule has 4 saturated carbocycles. The van der Waals surface area contributed by atoms with Crippen molar-refractivity contribution in [2.45, 2.75) is 64.0 Å². The minimum absolute atomic E-state index is 0.0385. The SMILES string of the molecule is COc1ccc2c(COC(=O)C3CCCN3C(=O)C34CC5CC(CC(C5)C3)C4)cc(=O)oc2c1. The highest BCUT2D eigenvalue weighted by Crippen LogP contribution is 2.60. The van der Waals surface area contributed by atoms with Crippen molar-refractivity contribution < 1.29 is 23.5 Å². The molecule has 5 fully saturated rings. The minimum atomic E-state index is -0.535. The van der Waals surface area contributed by atoms with E-state index in [0.717, 1.165) is 25.7 Å². The third-order valence-electron chi connectivity index (χ3n) is 8.68. The number of nitrogens with zero attached hydrogens (tertiary/aromatic N) is 1. The monoisotopic (exact) mass is 465 g/mol. The predicted molar refractivity (Wildman–Crippen MR) is 124 cm³/mol. The van der Waals surface area contributed by atoms with Gasteiger partial charge in [-0.25, -0.2) is 9.59 Å². The standard InChI is InChI=1S/C27H31NO6/c1-32-20-4-5-21-19(10-24(29)34-23(21)11-20)15-33-25(30)22-3-2-6-28(22)26(31)27-12-16-7-17(13-27)9-18(8-16)14-27/h4-5,10-11,16-18,22H,2-3,6-9,12-15H2,1H3. The molecule has 1 saturated heterocycles. The van der Waals surface area contributed by atoms with E-state index in [-0.39, 0.29) is 23.9 Å². The molecule has 0 spiro atoms. The van der Waals surface area contributed by atoms with E-state index in [1.807, 2.05) is 4.90 Å². The van der Waals surface area contributed by atoms with Crippen LogP contribution in [0.4, 0.5) is 0 Å². The van der Waals surface area contributed by atoms with Gasteiger partial charge in [-0.15, -0.1) is 0 Å². The number of benzene rings is 1. The lowest BCUT2D eigenvalue weighted by Gasteiger charge is -2.56. The number of carbonyl (C=O) groups is 2. The third kappa shape index (κ3) is 3.60. The van der Waals surface area contributed by atoms with E-state index >= 15 is 0 Å². The molecule has 180 valence electrons. The Kier molecular flexibility index (Phi) is 5.19. The van der Waals surface area contributed by atoms with Crippen LogP contribution < -0.4 is 10.4 Å². The first-order valence-electron chi connectivity index (χ1n) is 12.5. The number of amides is 1. The number of carbonyl (C=O) groups excluding carboxylic acids is 2. The Bertz CT molecular complexity index is 1160. The highest BCUT2D eigenvalue weighted by atomic mass is 16.5. The van der Waals surface area contributed by atoms with Crippen LogP contribution in [-0.4, -0.2) is 36.5 Å². The van der Waals surface area contributed by atoms with Crippen molar-refractivity contribution in [3.8, 4) is 5.75 Å². The zero-order chi connectivity index (χ0) is 23.4. The van der Waals surface area contributed by atoms with Gasteiger partial charge in [0.1, 0.15) is 24.0 Å². The molecule has 7 nitrogen and oxygen atoms in total. The maximum absolute atomic E-state index is 13.8. The fourth-order valence-electron chi connectivity index (χ4n) is 7.63. The van der Waals surface area contributed by atoms with Crippen LogP contribution >= 0.6 is 0 Å². The number of rotatable bonds is 5. The second-order valence-corrected chi connectivity index (χ2v) is 10.9. The lowest BCUT2D eigenvalue weighted by molar-refractivity contribution is -0.166. The molecule has 0 N–H and O–H groups in total. The van der Waals surface area contributed by atoms with Gasteiger partial charge >= 0.3 is 11.6 Å². The number of fused-ring (bicyclic) bond motifs is 1. The molecule has 1 aromatic carbocycles. The second kappa shape index (κ2) is 8.14. The smallest absolute Gasteiger partial charge is 0.336 e. The Morgan fingerprint density at radius 1 is 1.09 bits per heavy atom. The van der Waals surface area contributed by atoms with E-state index in [1.54, 1.807) is 25.3 Å². The summed E-state index contributed by atoms with van der Waals surface area (Å²) in [5.74, 6) is 2.42. The van der Waals surface area contributed by atoms with Gasteiger partial charge in [-0.1, -0.05) is 0 Å². The number of esters is 1. The molecule has 4 bridgehead atoms. The molecule has 1 unspecified atom stereocenters. The molecule has 4 aliphatic carbocycles. The fraction of sp³-hybridized carbons (Fsp3) is 0.593. The molecule has 0 radical (unpaired) electrons. The largest absolute Gasteiger partial charge is 0.497 e. The number of hydrogen-bond donors (Lipinski definition) is 0. The highest BCUT2D eigenvalue weighted by Gasteiger charge is 2.57. The van der Waals surface area contributed by atoms with Gasteiger partial charge < -0.3 is 18.8 Å².